The predicted molar refractivity (Wildman–Crippen MR) is 85.8 cm³/mol. The average molecular weight is 330 g/mol. The maximum absolute atomic E-state index is 4.85. The first-order valence-electron chi connectivity index (χ1n) is 7.02. The molecule has 4 heteroatoms. The van der Waals surface area contributed by atoms with Crippen LogP contribution in [-0.2, 0) is 0 Å². The summed E-state index contributed by atoms with van der Waals surface area (Å²) in [7, 11) is 0. The van der Waals surface area contributed by atoms with Gasteiger partial charge in [-0.2, -0.15) is 0 Å². The van der Waals surface area contributed by atoms with Gasteiger partial charge in [0.15, 0.2) is 0 Å². The van der Waals surface area contributed by atoms with E-state index in [-0.39, 0.29) is 0 Å². The van der Waals surface area contributed by atoms with E-state index in [1.807, 2.05) is 0 Å². The van der Waals surface area contributed by atoms with Crippen molar-refractivity contribution in [3.05, 3.63) is 40.6 Å². The Morgan fingerprint density at radius 2 is 2.15 bits per heavy atom. The van der Waals surface area contributed by atoms with E-state index in [2.05, 4.69) is 63.5 Å². The molecule has 0 bridgehead atoms. The fourth-order valence-corrected chi connectivity index (χ4v) is 3.46. The van der Waals surface area contributed by atoms with Crippen LogP contribution in [0.2, 0.25) is 0 Å². The molecule has 0 aliphatic carbocycles. The second-order valence-electron chi connectivity index (χ2n) is 5.75. The molecule has 2 heterocycles. The van der Waals surface area contributed by atoms with Crippen molar-refractivity contribution in [1.29, 1.82) is 0 Å². The normalized spacial score (nSPS) is 22.9. The van der Waals surface area contributed by atoms with Crippen LogP contribution >= 0.6 is 15.9 Å². The van der Waals surface area contributed by atoms with Gasteiger partial charge in [0.1, 0.15) is 5.82 Å². The van der Waals surface area contributed by atoms with Crippen molar-refractivity contribution in [2.45, 2.75) is 19.4 Å². The number of nitrogens with one attached hydrogen (secondary N) is 2. The monoisotopic (exact) mass is 329 g/mol. The van der Waals surface area contributed by atoms with Crippen molar-refractivity contribution in [3.63, 3.8) is 0 Å². The summed E-state index contributed by atoms with van der Waals surface area (Å²) in [5.41, 5.74) is 2.20. The van der Waals surface area contributed by atoms with Gasteiger partial charge < -0.3 is 10.3 Å². The van der Waals surface area contributed by atoms with Gasteiger partial charge in [-0.1, -0.05) is 35.0 Å². The standard InChI is InChI=1S/C16H16BrN3/c1-9-6-14(18-8-9)16-19-13-5-2-10-7-11(17)3-4-12(10)15(13)20-16/h2-5,7,9,14,18H,6,8H2,1H3,(H,19,20). The summed E-state index contributed by atoms with van der Waals surface area (Å²) in [5, 5.41) is 5.97. The Kier molecular flexibility index (Phi) is 2.82. The first-order valence-corrected chi connectivity index (χ1v) is 7.81. The van der Waals surface area contributed by atoms with Gasteiger partial charge in [-0.15, -0.1) is 0 Å². The van der Waals surface area contributed by atoms with Crippen molar-refractivity contribution in [2.24, 2.45) is 5.92 Å². The van der Waals surface area contributed by atoms with Crippen LogP contribution in [0.3, 0.4) is 0 Å². The number of benzene rings is 2. The zero-order valence-corrected chi connectivity index (χ0v) is 12.9. The minimum absolute atomic E-state index is 0.364. The fraction of sp³-hybridized carbons (Fsp3) is 0.312. The number of hydrogen-bond acceptors (Lipinski definition) is 2. The van der Waals surface area contributed by atoms with Crippen molar-refractivity contribution >= 4 is 37.7 Å². The Bertz CT molecular complexity index is 793. The van der Waals surface area contributed by atoms with E-state index in [9.17, 15) is 0 Å². The average Bonchev–Trinajstić information content (AvgIpc) is 3.03. The van der Waals surface area contributed by atoms with Crippen LogP contribution in [0.4, 0.5) is 0 Å². The Balaban J connectivity index is 1.88. The second kappa shape index (κ2) is 4.57. The summed E-state index contributed by atoms with van der Waals surface area (Å²) in [6.45, 7) is 3.36. The van der Waals surface area contributed by atoms with E-state index < -0.39 is 0 Å². The van der Waals surface area contributed by atoms with Gasteiger partial charge in [0.2, 0.25) is 0 Å². The van der Waals surface area contributed by atoms with Crippen LogP contribution < -0.4 is 5.32 Å². The van der Waals surface area contributed by atoms with Crippen molar-refractivity contribution in [3.8, 4) is 0 Å². The van der Waals surface area contributed by atoms with E-state index in [0.717, 1.165) is 40.2 Å². The molecule has 2 N–H and O–H groups in total. The zero-order chi connectivity index (χ0) is 13.7. The van der Waals surface area contributed by atoms with Crippen molar-refractivity contribution in [2.75, 3.05) is 6.54 Å². The van der Waals surface area contributed by atoms with Gasteiger partial charge in [0, 0.05) is 9.86 Å². The number of rotatable bonds is 1. The second-order valence-corrected chi connectivity index (χ2v) is 6.67. The minimum atomic E-state index is 0.364. The SMILES string of the molecule is CC1CNC(c2nc3c(ccc4cc(Br)ccc43)[nH]2)C1. The third-order valence-corrected chi connectivity index (χ3v) is 4.62. The highest BCUT2D eigenvalue weighted by atomic mass is 79.9. The molecule has 0 radical (unpaired) electrons. The van der Waals surface area contributed by atoms with Crippen LogP contribution in [0.15, 0.2) is 34.8 Å². The molecule has 3 aromatic rings. The van der Waals surface area contributed by atoms with E-state index in [1.54, 1.807) is 0 Å². The summed E-state index contributed by atoms with van der Waals surface area (Å²) in [6.07, 6.45) is 1.16. The molecule has 3 nitrogen and oxygen atoms in total. The Morgan fingerprint density at radius 1 is 1.25 bits per heavy atom. The highest BCUT2D eigenvalue weighted by Crippen LogP contribution is 2.30. The van der Waals surface area contributed by atoms with Crippen molar-refractivity contribution in [1.82, 2.24) is 15.3 Å². The highest BCUT2D eigenvalue weighted by Gasteiger charge is 2.24. The lowest BCUT2D eigenvalue weighted by Crippen LogP contribution is -2.14. The molecule has 102 valence electrons. The third-order valence-electron chi connectivity index (χ3n) is 4.13. The number of aromatic amines is 1. The molecule has 1 aliphatic heterocycles. The molecular formula is C16H16BrN3. The third kappa shape index (κ3) is 1.95. The number of fused-ring (bicyclic) bond motifs is 3. The predicted octanol–water partition coefficient (Wildman–Crippen LogP) is 4.15. The molecule has 0 saturated carbocycles. The number of nitrogens with zero attached hydrogens (tertiary/aromatic N) is 1. The van der Waals surface area contributed by atoms with E-state index in [1.165, 1.54) is 10.8 Å². The molecule has 1 fully saturated rings. The topological polar surface area (TPSA) is 40.7 Å². The van der Waals surface area contributed by atoms with Crippen LogP contribution in [0.5, 0.6) is 0 Å². The molecule has 2 unspecified atom stereocenters. The number of aromatic nitrogens is 2. The minimum Gasteiger partial charge on any atom is -0.341 e. The van der Waals surface area contributed by atoms with E-state index in [0.29, 0.717) is 6.04 Å². The molecule has 0 amide bonds. The van der Waals surface area contributed by atoms with E-state index in [4.69, 9.17) is 4.98 Å². The van der Waals surface area contributed by atoms with Crippen LogP contribution in [-0.4, -0.2) is 16.5 Å². The van der Waals surface area contributed by atoms with Gasteiger partial charge in [-0.3, -0.25) is 0 Å². The summed E-state index contributed by atoms with van der Waals surface area (Å²) in [5.74, 6) is 1.79. The van der Waals surface area contributed by atoms with E-state index >= 15 is 0 Å². The van der Waals surface area contributed by atoms with Crippen LogP contribution in [0.25, 0.3) is 21.8 Å². The molecule has 2 atom stereocenters. The Hall–Kier alpha value is -1.39. The van der Waals surface area contributed by atoms with Gasteiger partial charge in [0.25, 0.3) is 0 Å². The molecular weight excluding hydrogens is 314 g/mol. The van der Waals surface area contributed by atoms with Crippen LogP contribution in [0, 0.1) is 5.92 Å². The Morgan fingerprint density at radius 3 is 2.95 bits per heavy atom. The first-order chi connectivity index (χ1) is 9.70. The molecule has 1 saturated heterocycles. The fourth-order valence-electron chi connectivity index (χ4n) is 3.08. The summed E-state index contributed by atoms with van der Waals surface area (Å²) in [4.78, 5) is 8.33. The quantitative estimate of drug-likeness (QED) is 0.704. The smallest absolute Gasteiger partial charge is 0.124 e. The highest BCUT2D eigenvalue weighted by molar-refractivity contribution is 9.10. The molecule has 1 aliphatic rings. The van der Waals surface area contributed by atoms with Gasteiger partial charge in [-0.05, 0) is 42.5 Å². The molecule has 0 spiro atoms. The maximum Gasteiger partial charge on any atom is 0.124 e. The number of H-pyrrole nitrogens is 1. The number of hydrogen-bond donors (Lipinski definition) is 2. The molecule has 2 aromatic carbocycles. The zero-order valence-electron chi connectivity index (χ0n) is 11.3. The largest absolute Gasteiger partial charge is 0.341 e. The van der Waals surface area contributed by atoms with Crippen LogP contribution in [0.1, 0.15) is 25.2 Å². The van der Waals surface area contributed by atoms with Gasteiger partial charge >= 0.3 is 0 Å². The summed E-state index contributed by atoms with van der Waals surface area (Å²) < 4.78 is 1.10. The molecule has 20 heavy (non-hydrogen) atoms. The molecule has 4 rings (SSSR count). The number of halogens is 1. The first kappa shape index (κ1) is 12.4. The number of imidazole rings is 1. The lowest BCUT2D eigenvalue weighted by Gasteiger charge is -2.04. The molecule has 1 aromatic heterocycles. The lowest BCUT2D eigenvalue weighted by atomic mass is 10.1. The maximum atomic E-state index is 4.85. The van der Waals surface area contributed by atoms with Gasteiger partial charge in [0.05, 0.1) is 17.1 Å². The van der Waals surface area contributed by atoms with Gasteiger partial charge in [-0.25, -0.2) is 4.98 Å². The summed E-state index contributed by atoms with van der Waals surface area (Å²) >= 11 is 3.52. The lowest BCUT2D eigenvalue weighted by molar-refractivity contribution is 0.589. The Labute approximate surface area is 125 Å². The van der Waals surface area contributed by atoms with Crippen molar-refractivity contribution < 1.29 is 0 Å². The summed E-state index contributed by atoms with van der Waals surface area (Å²) in [6, 6.07) is 11.0.